The molecule has 2 aromatic carbocycles. The zero-order chi connectivity index (χ0) is 41.5. The van der Waals surface area contributed by atoms with E-state index in [0.717, 1.165) is 0 Å². The molecule has 0 aromatic heterocycles. The molecule has 4 aliphatic carbocycles. The van der Waals surface area contributed by atoms with E-state index in [1.807, 2.05) is 38.1 Å². The predicted molar refractivity (Wildman–Crippen MR) is 207 cm³/mol. The van der Waals surface area contributed by atoms with Gasteiger partial charge in [0, 0.05) is 35.3 Å². The topological polar surface area (TPSA) is 194 Å². The summed E-state index contributed by atoms with van der Waals surface area (Å²) in [6.07, 6.45) is 0.608. The van der Waals surface area contributed by atoms with Crippen molar-refractivity contribution in [2.24, 2.45) is 41.4 Å². The molecule has 4 saturated heterocycles. The highest BCUT2D eigenvalue weighted by atomic mass is 16.9. The van der Waals surface area contributed by atoms with Gasteiger partial charge in [-0.05, 0) is 68.6 Å². The Morgan fingerprint density at radius 2 is 1.58 bits per heavy atom. The number of hydrogen-bond acceptors (Lipinski definition) is 13. The number of allylic oxidation sites excluding steroid dienone is 2. The lowest BCUT2D eigenvalue weighted by Crippen LogP contribution is -2.89. The van der Waals surface area contributed by atoms with Crippen LogP contribution in [0.1, 0.15) is 69.3 Å². The lowest BCUT2D eigenvalue weighted by molar-refractivity contribution is -0.595. The smallest absolute Gasteiger partial charge is 0.338 e. The number of aliphatic hydroxyl groups excluding tert-OH is 2. The minimum absolute atomic E-state index is 0.102. The number of carbonyl (C=O) groups excluding carboxylic acids is 2. The van der Waals surface area contributed by atoms with Gasteiger partial charge < -0.3 is 54.0 Å². The molecule has 59 heavy (non-hydrogen) atoms. The summed E-state index contributed by atoms with van der Waals surface area (Å²) in [6, 6.07) is 17.7. The van der Waals surface area contributed by atoms with Gasteiger partial charge in [0.2, 0.25) is 0 Å². The van der Waals surface area contributed by atoms with Crippen molar-refractivity contribution in [3.63, 3.8) is 0 Å². The normalized spacial score (nSPS) is 51.7. The molecule has 12 rings (SSSR count). The van der Waals surface area contributed by atoms with Gasteiger partial charge in [0.25, 0.3) is 0 Å². The molecule has 0 radical (unpaired) electrons. The van der Waals surface area contributed by atoms with E-state index in [2.05, 4.69) is 6.92 Å². The first-order valence-corrected chi connectivity index (χ1v) is 21.2. The molecule has 11 bridgehead atoms. The van der Waals surface area contributed by atoms with Gasteiger partial charge >= 0.3 is 17.9 Å². The highest BCUT2D eigenvalue weighted by Gasteiger charge is 2.91. The molecule has 10 aliphatic rings. The number of hydrogen-bond donors (Lipinski definition) is 5. The summed E-state index contributed by atoms with van der Waals surface area (Å²) >= 11 is 0. The summed E-state index contributed by atoms with van der Waals surface area (Å²) in [5.74, 6) is -6.79. The third-order valence-corrected chi connectivity index (χ3v) is 16.2. The number of aliphatic hydroxyl groups is 5. The highest BCUT2D eigenvalue weighted by Crippen LogP contribution is 2.75. The summed E-state index contributed by atoms with van der Waals surface area (Å²) in [4.78, 5) is 27.2. The lowest BCUT2D eigenvalue weighted by Gasteiger charge is -2.74. The van der Waals surface area contributed by atoms with Crippen molar-refractivity contribution >= 4 is 11.9 Å². The van der Waals surface area contributed by atoms with E-state index in [1.165, 1.54) is 12.2 Å². The quantitative estimate of drug-likeness (QED) is 0.223. The van der Waals surface area contributed by atoms with Crippen LogP contribution in [-0.2, 0) is 39.2 Å². The summed E-state index contributed by atoms with van der Waals surface area (Å²) in [7, 11) is 0. The summed E-state index contributed by atoms with van der Waals surface area (Å²) < 4.78 is 39.7. The van der Waals surface area contributed by atoms with E-state index in [4.69, 9.17) is 28.4 Å². The number of epoxide rings is 1. The molecular weight excluding hydrogens is 760 g/mol. The fourth-order valence-corrected chi connectivity index (χ4v) is 13.3. The molecule has 0 amide bonds. The molecule has 19 atom stereocenters. The van der Waals surface area contributed by atoms with Crippen molar-refractivity contribution < 1.29 is 63.5 Å². The predicted octanol–water partition coefficient (Wildman–Crippen LogP) is 3.31. The van der Waals surface area contributed by atoms with Crippen LogP contribution in [0.15, 0.2) is 85.0 Å². The second-order valence-corrected chi connectivity index (χ2v) is 19.0. The molecule has 5 N–H and O–H groups in total. The van der Waals surface area contributed by atoms with Gasteiger partial charge in [-0.1, -0.05) is 81.5 Å². The monoisotopic (exact) mass is 814 g/mol. The van der Waals surface area contributed by atoms with Crippen LogP contribution in [-0.4, -0.2) is 109 Å². The zero-order valence-electron chi connectivity index (χ0n) is 33.6. The molecule has 8 fully saturated rings. The minimum Gasteiger partial charge on any atom is -0.456 e. The van der Waals surface area contributed by atoms with Crippen LogP contribution in [0.2, 0.25) is 0 Å². The van der Waals surface area contributed by atoms with Crippen molar-refractivity contribution in [1.29, 1.82) is 0 Å². The summed E-state index contributed by atoms with van der Waals surface area (Å²) in [6.45, 7) is 6.66. The van der Waals surface area contributed by atoms with Crippen molar-refractivity contribution in [2.75, 3.05) is 6.61 Å². The van der Waals surface area contributed by atoms with E-state index < -0.39 is 113 Å². The first-order chi connectivity index (χ1) is 28.1. The average Bonchev–Trinajstić information content (AvgIpc) is 3.79. The van der Waals surface area contributed by atoms with Crippen molar-refractivity contribution in [1.82, 2.24) is 0 Å². The Morgan fingerprint density at radius 3 is 2.29 bits per heavy atom. The minimum atomic E-state index is -2.22. The van der Waals surface area contributed by atoms with Gasteiger partial charge in [0.15, 0.2) is 0 Å². The number of benzene rings is 2. The molecule has 316 valence electrons. The molecule has 6 aliphatic heterocycles. The third-order valence-electron chi connectivity index (χ3n) is 16.2. The van der Waals surface area contributed by atoms with Crippen LogP contribution in [0.25, 0.3) is 0 Å². The molecular formula is C46H54O13. The Labute approximate surface area is 342 Å². The van der Waals surface area contributed by atoms with Gasteiger partial charge in [-0.25, -0.2) is 9.59 Å². The van der Waals surface area contributed by atoms with E-state index >= 15 is 0 Å². The van der Waals surface area contributed by atoms with Crippen LogP contribution in [0.5, 0.6) is 0 Å². The standard InChI is InChI=1S/C46H54O13/c1-24-21-32-43(52)35(24)55-33(48)18-12-11-17-31(54-39(49)27-13-7-5-8-14-27)30-20-19-28(25(30)2)22-41(4,51)45(53)36-26(3)44(32)34(37-42(23-47,56-37)40(43)50)38(45)58-46(57-36,59-44)29-15-9-6-10-16-29/h5-18,24-26,28,30-32,34-38,40,47,50-53H,19-23H2,1-4H3/t24-,25-,26+,28+,30-,31+,32+,34-,35-,36-,37-,38+,40+,41+,42-,43-,44-,45-,46-/m0/s1. The second kappa shape index (κ2) is 13.3. The van der Waals surface area contributed by atoms with Crippen LogP contribution in [0.3, 0.4) is 0 Å². The number of esters is 2. The van der Waals surface area contributed by atoms with E-state index in [9.17, 15) is 35.1 Å². The van der Waals surface area contributed by atoms with Gasteiger partial charge in [-0.2, -0.15) is 0 Å². The zero-order valence-corrected chi connectivity index (χ0v) is 33.6. The maximum Gasteiger partial charge on any atom is 0.338 e. The Bertz CT molecular complexity index is 2060. The molecule has 1 spiro atoms. The van der Waals surface area contributed by atoms with Crippen LogP contribution >= 0.6 is 0 Å². The average molecular weight is 815 g/mol. The molecule has 13 heteroatoms. The van der Waals surface area contributed by atoms with Gasteiger partial charge in [-0.15, -0.1) is 0 Å². The van der Waals surface area contributed by atoms with E-state index in [0.29, 0.717) is 24.0 Å². The van der Waals surface area contributed by atoms with Gasteiger partial charge in [0.05, 0.1) is 23.4 Å². The van der Waals surface area contributed by atoms with Crippen molar-refractivity contribution in [3.05, 3.63) is 96.1 Å². The molecule has 2 aromatic rings. The van der Waals surface area contributed by atoms with Crippen LogP contribution in [0, 0.1) is 41.4 Å². The molecule has 6 heterocycles. The number of carbonyl (C=O) groups is 2. The SMILES string of the molecule is C[C@H]1[C@@H]2CC[C@@H]1[C@H](OC(=O)c1ccccc1)C=CC=CC(=O)O[C@H]1[C@@H](C)C[C@@H]3[C@@]1(O)[C@H](O)[C@@]1(CO)O[C@H]1[C@H]1[C@H]4O[C@]5(c6ccccc6)O[C@@H]([C@@H](C)[C@@]13O5)[C@@]4(O)[C@](C)(O)C2. The molecule has 4 saturated carbocycles. The van der Waals surface area contributed by atoms with E-state index in [-0.39, 0.29) is 30.6 Å². The fourth-order valence-electron chi connectivity index (χ4n) is 13.3. The number of ether oxygens (including phenoxy) is 6. The first kappa shape index (κ1) is 39.6. The Morgan fingerprint density at radius 1 is 0.881 bits per heavy atom. The number of rotatable bonds is 4. The Hall–Kier alpha value is -3.50. The fraction of sp³-hybridized carbons (Fsp3) is 0.609. The lowest BCUT2D eigenvalue weighted by atomic mass is 9.49. The second-order valence-electron chi connectivity index (χ2n) is 19.0. The maximum atomic E-state index is 13.7. The Balaban J connectivity index is 1.14. The summed E-state index contributed by atoms with van der Waals surface area (Å²) in [5.41, 5.74) is -8.50. The highest BCUT2D eigenvalue weighted by molar-refractivity contribution is 5.89. The molecule has 0 unspecified atom stereocenters. The van der Waals surface area contributed by atoms with Gasteiger partial charge in [-0.3, -0.25) is 0 Å². The largest absolute Gasteiger partial charge is 0.456 e. The number of fused-ring (bicyclic) bond motifs is 6. The maximum absolute atomic E-state index is 13.7. The van der Waals surface area contributed by atoms with Crippen LogP contribution < -0.4 is 0 Å². The van der Waals surface area contributed by atoms with Crippen LogP contribution in [0.4, 0.5) is 0 Å². The van der Waals surface area contributed by atoms with Crippen molar-refractivity contribution in [3.8, 4) is 0 Å². The third kappa shape index (κ3) is 5.17. The molecule has 13 nitrogen and oxygen atoms in total. The van der Waals surface area contributed by atoms with Crippen molar-refractivity contribution in [2.45, 2.75) is 124 Å². The van der Waals surface area contributed by atoms with E-state index in [1.54, 1.807) is 55.5 Å². The van der Waals surface area contributed by atoms with Gasteiger partial charge in [0.1, 0.15) is 53.4 Å². The Kier molecular flexibility index (Phi) is 8.90. The summed E-state index contributed by atoms with van der Waals surface area (Å²) in [5, 5.41) is 63.4. The first-order valence-electron chi connectivity index (χ1n) is 21.2.